The summed E-state index contributed by atoms with van der Waals surface area (Å²) in [7, 11) is 0. The fraction of sp³-hybridized carbons (Fsp3) is 0. The van der Waals surface area contributed by atoms with Gasteiger partial charge in [-0.15, -0.1) is 0 Å². The molecule has 7 nitrogen and oxygen atoms in total. The predicted molar refractivity (Wildman–Crippen MR) is 192 cm³/mol. The highest BCUT2D eigenvalue weighted by Crippen LogP contribution is 2.46. The monoisotopic (exact) mass is 613 g/mol. The number of para-hydroxylation sites is 1. The zero-order valence-corrected chi connectivity index (χ0v) is 25.4. The van der Waals surface area contributed by atoms with E-state index in [0.29, 0.717) is 17.5 Å². The summed E-state index contributed by atoms with van der Waals surface area (Å²) in [4.78, 5) is 24.9. The summed E-state index contributed by atoms with van der Waals surface area (Å²) < 4.78 is 4.59. The molecule has 0 atom stereocenters. The topological polar surface area (TPSA) is 73.3 Å². The second kappa shape index (κ2) is 9.40. The molecule has 5 heterocycles. The minimum Gasteiger partial charge on any atom is -0.288 e. The van der Waals surface area contributed by atoms with Crippen LogP contribution in [0.1, 0.15) is 0 Å². The summed E-state index contributed by atoms with van der Waals surface area (Å²) in [5, 5.41) is 7.21. The largest absolute Gasteiger partial charge is 0.288 e. The molecule has 222 valence electrons. The third-order valence-electron chi connectivity index (χ3n) is 9.57. The molecule has 0 aliphatic carbocycles. The van der Waals surface area contributed by atoms with Gasteiger partial charge < -0.3 is 0 Å². The van der Waals surface area contributed by atoms with E-state index in [2.05, 4.69) is 75.5 Å². The second-order valence-corrected chi connectivity index (χ2v) is 12.2. The summed E-state index contributed by atoms with van der Waals surface area (Å²) in [6.07, 6.45) is 3.56. The van der Waals surface area contributed by atoms with Gasteiger partial charge in [0.2, 0.25) is 0 Å². The average molecular weight is 614 g/mol. The van der Waals surface area contributed by atoms with Gasteiger partial charge in [-0.05, 0) is 22.9 Å². The van der Waals surface area contributed by atoms with E-state index in [1.54, 1.807) is 12.4 Å². The Hall–Kier alpha value is -6.73. The molecule has 0 radical (unpaired) electrons. The van der Waals surface area contributed by atoms with Gasteiger partial charge in [-0.25, -0.2) is 24.9 Å². The highest BCUT2D eigenvalue weighted by atomic mass is 15.1. The van der Waals surface area contributed by atoms with Crippen LogP contribution in [0.5, 0.6) is 0 Å². The minimum atomic E-state index is 0.613. The lowest BCUT2D eigenvalue weighted by atomic mass is 9.98. The van der Waals surface area contributed by atoms with Crippen molar-refractivity contribution in [2.45, 2.75) is 0 Å². The third-order valence-corrected chi connectivity index (χ3v) is 9.57. The normalized spacial score (nSPS) is 12.2. The Morgan fingerprint density at radius 1 is 0.375 bits per heavy atom. The first kappa shape index (κ1) is 25.5. The SMILES string of the molecule is c1ccc(-c2nc(-c3ccccc3)nc(-c3ccc4c5c6ccccc6c6c7ccccc7n7c8nccnc8n(c4c3)c5c67)n2)cc1. The molecule has 0 unspecified atom stereocenters. The van der Waals surface area contributed by atoms with Crippen LogP contribution in [-0.2, 0) is 0 Å². The van der Waals surface area contributed by atoms with Crippen LogP contribution in [0.3, 0.4) is 0 Å². The van der Waals surface area contributed by atoms with Crippen molar-refractivity contribution in [3.05, 3.63) is 140 Å². The summed E-state index contributed by atoms with van der Waals surface area (Å²) in [6.45, 7) is 0. The molecule has 0 aliphatic heterocycles. The van der Waals surface area contributed by atoms with Crippen LogP contribution in [0.15, 0.2) is 140 Å². The summed E-state index contributed by atoms with van der Waals surface area (Å²) in [5.74, 6) is 1.88. The number of rotatable bonds is 3. The van der Waals surface area contributed by atoms with Crippen molar-refractivity contribution in [1.82, 2.24) is 33.7 Å². The molecule has 0 bridgehead atoms. The molecular formula is C41H23N7. The Bertz CT molecular complexity index is 2950. The van der Waals surface area contributed by atoms with E-state index >= 15 is 0 Å². The predicted octanol–water partition coefficient (Wildman–Crippen LogP) is 9.37. The maximum Gasteiger partial charge on any atom is 0.182 e. The zero-order valence-electron chi connectivity index (χ0n) is 25.4. The maximum absolute atomic E-state index is 5.04. The molecule has 0 aliphatic rings. The van der Waals surface area contributed by atoms with Crippen LogP contribution in [0.2, 0.25) is 0 Å². The Morgan fingerprint density at radius 2 is 0.833 bits per heavy atom. The molecule has 48 heavy (non-hydrogen) atoms. The van der Waals surface area contributed by atoms with E-state index in [-0.39, 0.29) is 0 Å². The van der Waals surface area contributed by atoms with Crippen molar-refractivity contribution in [2.24, 2.45) is 0 Å². The van der Waals surface area contributed by atoms with Crippen LogP contribution >= 0.6 is 0 Å². The zero-order chi connectivity index (χ0) is 31.3. The van der Waals surface area contributed by atoms with Crippen LogP contribution in [0.25, 0.3) is 99.8 Å². The molecule has 0 saturated heterocycles. The van der Waals surface area contributed by atoms with Crippen LogP contribution in [0.4, 0.5) is 0 Å². The number of hydrogen-bond acceptors (Lipinski definition) is 5. The number of hydrogen-bond donors (Lipinski definition) is 0. The lowest BCUT2D eigenvalue weighted by Crippen LogP contribution is -2.01. The van der Waals surface area contributed by atoms with Crippen LogP contribution in [0, 0.1) is 0 Å². The van der Waals surface area contributed by atoms with Crippen molar-refractivity contribution in [2.75, 3.05) is 0 Å². The van der Waals surface area contributed by atoms with E-state index in [4.69, 9.17) is 24.9 Å². The average Bonchev–Trinajstić information content (AvgIpc) is 3.69. The lowest BCUT2D eigenvalue weighted by molar-refractivity contribution is 1.07. The molecule has 0 saturated carbocycles. The molecule has 0 spiro atoms. The summed E-state index contributed by atoms with van der Waals surface area (Å²) >= 11 is 0. The lowest BCUT2D eigenvalue weighted by Gasteiger charge is -2.11. The van der Waals surface area contributed by atoms with Gasteiger partial charge in [0, 0.05) is 50.6 Å². The molecule has 11 rings (SSSR count). The van der Waals surface area contributed by atoms with Crippen molar-refractivity contribution in [1.29, 1.82) is 0 Å². The number of nitrogens with zero attached hydrogens (tertiary/aromatic N) is 7. The fourth-order valence-corrected chi connectivity index (χ4v) is 7.60. The van der Waals surface area contributed by atoms with Gasteiger partial charge in [-0.2, -0.15) is 0 Å². The molecule has 0 amide bonds. The number of benzene rings is 6. The first-order valence-corrected chi connectivity index (χ1v) is 15.9. The maximum atomic E-state index is 5.04. The molecular weight excluding hydrogens is 591 g/mol. The Kier molecular flexibility index (Phi) is 4.99. The van der Waals surface area contributed by atoms with Gasteiger partial charge >= 0.3 is 0 Å². The van der Waals surface area contributed by atoms with E-state index in [9.17, 15) is 0 Å². The standard InChI is InChI=1S/C41H23N7/c1-3-11-24(12-4-1)37-44-38(25-13-5-2-6-14-25)46-39(45-37)26-19-20-30-32(23-26)48-36-34(30)28-16-8-7-15-27(28)33-29-17-9-10-18-31(29)47(35(33)36)40-41(48)43-22-21-42-40/h1-23H. The molecule has 0 fully saturated rings. The second-order valence-electron chi connectivity index (χ2n) is 12.2. The van der Waals surface area contributed by atoms with E-state index in [1.165, 1.54) is 26.9 Å². The van der Waals surface area contributed by atoms with Crippen molar-refractivity contribution in [3.63, 3.8) is 0 Å². The van der Waals surface area contributed by atoms with Gasteiger partial charge in [0.05, 0.1) is 22.1 Å². The third kappa shape index (κ3) is 3.34. The smallest absolute Gasteiger partial charge is 0.182 e. The van der Waals surface area contributed by atoms with Crippen molar-refractivity contribution < 1.29 is 0 Å². The summed E-state index contributed by atoms with van der Waals surface area (Å²) in [6, 6.07) is 44.1. The van der Waals surface area contributed by atoms with Crippen LogP contribution in [-0.4, -0.2) is 33.7 Å². The van der Waals surface area contributed by atoms with Crippen LogP contribution < -0.4 is 0 Å². The molecule has 7 heteroatoms. The Morgan fingerprint density at radius 3 is 1.42 bits per heavy atom. The van der Waals surface area contributed by atoms with E-state index in [0.717, 1.165) is 55.4 Å². The van der Waals surface area contributed by atoms with Gasteiger partial charge in [-0.3, -0.25) is 8.80 Å². The van der Waals surface area contributed by atoms with Gasteiger partial charge in [0.1, 0.15) is 0 Å². The van der Waals surface area contributed by atoms with Crippen molar-refractivity contribution in [3.8, 4) is 34.2 Å². The van der Waals surface area contributed by atoms with E-state index < -0.39 is 0 Å². The summed E-state index contributed by atoms with van der Waals surface area (Å²) in [5.41, 5.74) is 8.81. The molecule has 11 aromatic rings. The highest BCUT2D eigenvalue weighted by Gasteiger charge is 2.26. The van der Waals surface area contributed by atoms with Gasteiger partial charge in [0.25, 0.3) is 0 Å². The number of aromatic nitrogens is 7. The van der Waals surface area contributed by atoms with Crippen molar-refractivity contribution >= 4 is 65.7 Å². The van der Waals surface area contributed by atoms with Gasteiger partial charge in [0.15, 0.2) is 28.8 Å². The molecule has 5 aromatic heterocycles. The minimum absolute atomic E-state index is 0.613. The molecule has 0 N–H and O–H groups in total. The fourth-order valence-electron chi connectivity index (χ4n) is 7.60. The van der Waals surface area contributed by atoms with Gasteiger partial charge in [-0.1, -0.05) is 115 Å². The highest BCUT2D eigenvalue weighted by molar-refractivity contribution is 6.37. The quantitative estimate of drug-likeness (QED) is 0.186. The van der Waals surface area contributed by atoms with E-state index in [1.807, 2.05) is 60.7 Å². The first-order valence-electron chi connectivity index (χ1n) is 15.9. The Balaban J connectivity index is 1.30. The first-order chi connectivity index (χ1) is 23.8. The molecule has 6 aromatic carbocycles. The Labute approximate surface area is 272 Å². The number of fused-ring (bicyclic) bond motifs is 12.